The third-order valence-electron chi connectivity index (χ3n) is 2.48. The molecule has 0 aromatic rings. The lowest BCUT2D eigenvalue weighted by atomic mass is 9.90. The maximum atomic E-state index is 10.3. The van der Waals surface area contributed by atoms with Crippen molar-refractivity contribution in [3.05, 3.63) is 35.5 Å². The van der Waals surface area contributed by atoms with Crippen LogP contribution in [0.4, 0.5) is 0 Å². The van der Waals surface area contributed by atoms with Gasteiger partial charge in [0.25, 0.3) is 0 Å². The van der Waals surface area contributed by atoms with Crippen LogP contribution in [0, 0.1) is 11.3 Å². The lowest BCUT2D eigenvalue weighted by Crippen LogP contribution is -2.38. The summed E-state index contributed by atoms with van der Waals surface area (Å²) in [5, 5.41) is 13.0. The van der Waals surface area contributed by atoms with E-state index in [9.17, 15) is 5.21 Å². The van der Waals surface area contributed by atoms with Crippen LogP contribution >= 0.6 is 0 Å². The Hall–Kier alpha value is -1.31. The lowest BCUT2D eigenvalue weighted by Gasteiger charge is -2.27. The zero-order valence-corrected chi connectivity index (χ0v) is 9.73. The van der Waals surface area contributed by atoms with Gasteiger partial charge in [0.15, 0.2) is 5.79 Å². The molecule has 1 aliphatic rings. The van der Waals surface area contributed by atoms with Crippen LogP contribution in [0.2, 0.25) is 0 Å². The highest BCUT2D eigenvalue weighted by Gasteiger charge is 2.54. The average Bonchev–Trinajstić information content (AvgIpc) is 2.39. The highest BCUT2D eigenvalue weighted by atomic mass is 16.8. The first-order valence-electron chi connectivity index (χ1n) is 5.17. The van der Waals surface area contributed by atoms with Crippen molar-refractivity contribution < 1.29 is 9.47 Å². The van der Waals surface area contributed by atoms with Gasteiger partial charge in [0, 0.05) is 5.01 Å². The Morgan fingerprint density at radius 3 is 2.38 bits per heavy atom. The largest absolute Gasteiger partial charge is 0.498 e. The van der Waals surface area contributed by atoms with Crippen molar-refractivity contribution in [2.75, 3.05) is 0 Å². The number of hydrogen-bond acceptors (Lipinski definition) is 3. The maximum absolute atomic E-state index is 10.3. The first-order valence-corrected chi connectivity index (χ1v) is 5.17. The third kappa shape index (κ3) is 2.43. The van der Waals surface area contributed by atoms with Crippen molar-refractivity contribution in [3.63, 3.8) is 0 Å². The first kappa shape index (κ1) is 12.8. The molecule has 1 heterocycles. The van der Waals surface area contributed by atoms with E-state index >= 15 is 0 Å². The Balaban J connectivity index is 3.04. The summed E-state index contributed by atoms with van der Waals surface area (Å²) in [5.41, 5.74) is -0.666. The molecule has 0 bridgehead atoms. The van der Waals surface area contributed by atoms with Crippen molar-refractivity contribution >= 4 is 0 Å². The standard InChI is InChI=1S/C12H17NO3/c1-5-7-12(8-6-2)10(9-13-14)15-11(3,4)16-12/h5-6,10H,1-2,7-8H2,3-4H3/t10-/m1/s1. The van der Waals surface area contributed by atoms with Gasteiger partial charge in [-0.2, -0.15) is 0 Å². The molecular formula is C12H17NO3. The van der Waals surface area contributed by atoms with Crippen molar-refractivity contribution in [1.29, 1.82) is 0 Å². The molecule has 0 aromatic carbocycles. The summed E-state index contributed by atoms with van der Waals surface area (Å²) in [5.74, 6) is -0.756. The molecule has 0 aromatic heterocycles. The third-order valence-corrected chi connectivity index (χ3v) is 2.48. The summed E-state index contributed by atoms with van der Waals surface area (Å²) in [7, 11) is 0. The Labute approximate surface area is 95.9 Å². The van der Waals surface area contributed by atoms with Gasteiger partial charge in [0.05, 0.1) is 0 Å². The van der Waals surface area contributed by atoms with Crippen LogP contribution in [0.15, 0.2) is 25.3 Å². The number of ether oxygens (including phenoxy) is 2. The average molecular weight is 223 g/mol. The molecule has 0 unspecified atom stereocenters. The SMILES string of the molecule is C=CCC1(CC=C)OC(C)(C)O[C@@H]1C#[N+][O-]. The highest BCUT2D eigenvalue weighted by Crippen LogP contribution is 2.41. The molecule has 0 spiro atoms. The molecule has 4 heteroatoms. The van der Waals surface area contributed by atoms with E-state index in [1.165, 1.54) is 0 Å². The van der Waals surface area contributed by atoms with E-state index in [4.69, 9.17) is 9.47 Å². The van der Waals surface area contributed by atoms with E-state index in [1.54, 1.807) is 26.0 Å². The molecular weight excluding hydrogens is 206 g/mol. The molecule has 0 saturated carbocycles. The molecule has 0 N–H and O–H groups in total. The van der Waals surface area contributed by atoms with Crippen molar-refractivity contribution in [2.45, 2.75) is 44.2 Å². The molecule has 1 aliphatic heterocycles. The second-order valence-corrected chi connectivity index (χ2v) is 4.27. The molecule has 0 amide bonds. The van der Waals surface area contributed by atoms with Gasteiger partial charge in [-0.25, -0.2) is 0 Å². The zero-order valence-electron chi connectivity index (χ0n) is 9.73. The van der Waals surface area contributed by atoms with Gasteiger partial charge in [-0.3, -0.25) is 0 Å². The first-order chi connectivity index (χ1) is 7.49. The fourth-order valence-electron chi connectivity index (χ4n) is 2.02. The minimum atomic E-state index is -0.756. The number of nitrogens with zero attached hydrogens (tertiary/aromatic N) is 1. The quantitative estimate of drug-likeness (QED) is 0.543. The summed E-state index contributed by atoms with van der Waals surface area (Å²) in [6.45, 7) is 11.0. The maximum Gasteiger partial charge on any atom is 0.333 e. The van der Waals surface area contributed by atoms with Gasteiger partial charge in [-0.05, 0) is 26.7 Å². The molecule has 1 saturated heterocycles. The minimum absolute atomic E-state index is 0.551. The van der Waals surface area contributed by atoms with E-state index in [2.05, 4.69) is 24.2 Å². The Morgan fingerprint density at radius 2 is 1.94 bits per heavy atom. The predicted molar refractivity (Wildman–Crippen MR) is 63.0 cm³/mol. The minimum Gasteiger partial charge on any atom is -0.498 e. The van der Waals surface area contributed by atoms with Crippen LogP contribution in [0.25, 0.3) is 5.01 Å². The lowest BCUT2D eigenvalue weighted by molar-refractivity contribution is -0.160. The van der Waals surface area contributed by atoms with Crippen LogP contribution in [-0.2, 0) is 9.47 Å². The second kappa shape index (κ2) is 4.69. The van der Waals surface area contributed by atoms with Gasteiger partial charge < -0.3 is 14.7 Å². The van der Waals surface area contributed by atoms with Gasteiger partial charge in [0.2, 0.25) is 6.10 Å². The number of rotatable bonds is 4. The molecule has 1 rings (SSSR count). The van der Waals surface area contributed by atoms with Crippen LogP contribution in [0.3, 0.4) is 0 Å². The van der Waals surface area contributed by atoms with Crippen LogP contribution in [0.5, 0.6) is 0 Å². The van der Waals surface area contributed by atoms with Crippen LogP contribution < -0.4 is 0 Å². The molecule has 0 radical (unpaired) electrons. The Morgan fingerprint density at radius 1 is 1.38 bits per heavy atom. The summed E-state index contributed by atoms with van der Waals surface area (Å²) in [6.07, 6.45) is 3.98. The summed E-state index contributed by atoms with van der Waals surface area (Å²) in [4.78, 5) is 0. The zero-order chi connectivity index (χ0) is 12.2. The van der Waals surface area contributed by atoms with E-state index < -0.39 is 17.5 Å². The fourth-order valence-corrected chi connectivity index (χ4v) is 2.02. The van der Waals surface area contributed by atoms with Crippen LogP contribution in [-0.4, -0.2) is 17.5 Å². The highest BCUT2D eigenvalue weighted by molar-refractivity contribution is 5.14. The summed E-state index contributed by atoms with van der Waals surface area (Å²) in [6, 6.07) is 2.39. The van der Waals surface area contributed by atoms with Crippen molar-refractivity contribution in [1.82, 2.24) is 0 Å². The second-order valence-electron chi connectivity index (χ2n) is 4.27. The predicted octanol–water partition coefficient (Wildman–Crippen LogP) is 2.86. The monoisotopic (exact) mass is 223 g/mol. The fraction of sp³-hybridized carbons (Fsp3) is 0.583. The topological polar surface area (TPSA) is 45.9 Å². The van der Waals surface area contributed by atoms with Crippen molar-refractivity contribution in [2.24, 2.45) is 0 Å². The Kier molecular flexibility index (Phi) is 3.74. The Bertz CT molecular complexity index is 328. The van der Waals surface area contributed by atoms with E-state index in [1.807, 2.05) is 0 Å². The van der Waals surface area contributed by atoms with E-state index in [0.717, 1.165) is 0 Å². The van der Waals surface area contributed by atoms with Gasteiger partial charge in [-0.15, -0.1) is 13.2 Å². The molecule has 1 fully saturated rings. The van der Waals surface area contributed by atoms with Crippen molar-refractivity contribution in [3.8, 4) is 6.07 Å². The molecule has 1 atom stereocenters. The van der Waals surface area contributed by atoms with E-state index in [0.29, 0.717) is 12.8 Å². The smallest absolute Gasteiger partial charge is 0.333 e. The van der Waals surface area contributed by atoms with Gasteiger partial charge >= 0.3 is 6.07 Å². The van der Waals surface area contributed by atoms with E-state index in [-0.39, 0.29) is 0 Å². The number of hydrogen-bond donors (Lipinski definition) is 0. The molecule has 16 heavy (non-hydrogen) atoms. The van der Waals surface area contributed by atoms with Gasteiger partial charge in [-0.1, -0.05) is 12.2 Å². The van der Waals surface area contributed by atoms with Crippen LogP contribution in [0.1, 0.15) is 26.7 Å². The molecule has 0 aliphatic carbocycles. The molecule has 88 valence electrons. The summed E-state index contributed by atoms with van der Waals surface area (Å²) < 4.78 is 11.4. The summed E-state index contributed by atoms with van der Waals surface area (Å²) >= 11 is 0. The normalized spacial score (nSPS) is 25.5. The van der Waals surface area contributed by atoms with Gasteiger partial charge in [0.1, 0.15) is 5.60 Å². The molecule has 4 nitrogen and oxygen atoms in total.